The number of thiophene rings is 1. The van der Waals surface area contributed by atoms with Gasteiger partial charge in [-0.1, -0.05) is 42.5 Å². The first-order chi connectivity index (χ1) is 23.2. The second-order valence-electron chi connectivity index (χ2n) is 10.8. The summed E-state index contributed by atoms with van der Waals surface area (Å²) in [5, 5.41) is 32.3. The number of carbonyl (C=O) groups is 2. The van der Waals surface area contributed by atoms with Gasteiger partial charge in [0.05, 0.1) is 17.0 Å². The van der Waals surface area contributed by atoms with E-state index in [1.807, 2.05) is 41.8 Å². The lowest BCUT2D eigenvalue weighted by molar-refractivity contribution is -0.384. The highest BCUT2D eigenvalue weighted by atomic mass is 32.1. The predicted molar refractivity (Wildman–Crippen MR) is 184 cm³/mol. The number of hydrogen-bond acceptors (Lipinski definition) is 9. The van der Waals surface area contributed by atoms with Gasteiger partial charge in [-0.05, 0) is 70.1 Å². The molecular weight excluding hydrogens is 634 g/mol. The molecule has 0 spiro atoms. The summed E-state index contributed by atoms with van der Waals surface area (Å²) in [6, 6.07) is 25.9. The molecule has 0 radical (unpaired) electrons. The molecule has 0 fully saturated rings. The molecule has 4 aromatic carbocycles. The summed E-state index contributed by atoms with van der Waals surface area (Å²) in [6.45, 7) is 0. The van der Waals surface area contributed by atoms with Gasteiger partial charge in [-0.2, -0.15) is 0 Å². The summed E-state index contributed by atoms with van der Waals surface area (Å²) in [4.78, 5) is 52.6. The number of nitro benzene ring substituents is 2. The highest BCUT2D eigenvalue weighted by Crippen LogP contribution is 2.34. The van der Waals surface area contributed by atoms with Crippen LogP contribution in [-0.2, 0) is 16.0 Å². The number of para-hydroxylation sites is 1. The Labute approximate surface area is 277 Å². The molecule has 6 aromatic rings. The van der Waals surface area contributed by atoms with Crippen molar-refractivity contribution in [1.29, 1.82) is 0 Å². The number of carbonyl (C=O) groups excluding carboxylic acids is 2. The number of esters is 1. The summed E-state index contributed by atoms with van der Waals surface area (Å²) in [5.74, 6) is -1.13. The molecule has 0 aliphatic heterocycles. The SMILES string of the molecule is COC(=O)[C@@H](Cc1c[nH]c2ccccc12)Nc1ccc(-c2ccc(C(=O)Nc3cc(-c4cccs4)ccc3[N+](=O)[O-])cc2)cc1[N+](=O)[O-]. The van der Waals surface area contributed by atoms with Gasteiger partial charge in [-0.15, -0.1) is 11.3 Å². The van der Waals surface area contributed by atoms with Crippen LogP contribution in [0.25, 0.3) is 32.5 Å². The molecule has 6 rings (SSSR count). The van der Waals surface area contributed by atoms with Crippen LogP contribution < -0.4 is 10.6 Å². The molecule has 0 aliphatic rings. The number of nitrogens with zero attached hydrogens (tertiary/aromatic N) is 2. The topological polar surface area (TPSA) is 170 Å². The molecular formula is C35H27N5O7S. The van der Waals surface area contributed by atoms with Crippen molar-refractivity contribution in [2.45, 2.75) is 12.5 Å². The van der Waals surface area contributed by atoms with Crippen molar-refractivity contribution < 1.29 is 24.2 Å². The third-order valence-corrected chi connectivity index (χ3v) is 8.76. The molecule has 2 heterocycles. The number of hydrogen-bond donors (Lipinski definition) is 3. The van der Waals surface area contributed by atoms with Crippen LogP contribution in [0.3, 0.4) is 0 Å². The summed E-state index contributed by atoms with van der Waals surface area (Å²) in [7, 11) is 1.26. The molecule has 0 saturated carbocycles. The van der Waals surface area contributed by atoms with Gasteiger partial charge >= 0.3 is 5.97 Å². The molecule has 0 unspecified atom stereocenters. The normalized spacial score (nSPS) is 11.5. The van der Waals surface area contributed by atoms with E-state index < -0.39 is 27.8 Å². The van der Waals surface area contributed by atoms with Crippen LogP contribution in [0.4, 0.5) is 22.7 Å². The van der Waals surface area contributed by atoms with Crippen molar-refractivity contribution in [3.05, 3.63) is 140 Å². The third-order valence-electron chi connectivity index (χ3n) is 7.84. The smallest absolute Gasteiger partial charge is 0.328 e. The lowest BCUT2D eigenvalue weighted by Gasteiger charge is -2.18. The monoisotopic (exact) mass is 661 g/mol. The Morgan fingerprint density at radius 3 is 2.27 bits per heavy atom. The second kappa shape index (κ2) is 13.6. The first-order valence-electron chi connectivity index (χ1n) is 14.6. The van der Waals surface area contributed by atoms with E-state index in [4.69, 9.17) is 4.74 Å². The summed E-state index contributed by atoms with van der Waals surface area (Å²) in [6.07, 6.45) is 2.02. The van der Waals surface area contributed by atoms with Gasteiger partial charge in [-0.25, -0.2) is 4.79 Å². The van der Waals surface area contributed by atoms with Gasteiger partial charge in [0.15, 0.2) is 0 Å². The molecule has 2 aromatic heterocycles. The van der Waals surface area contributed by atoms with E-state index in [0.717, 1.165) is 26.9 Å². The number of aromatic amines is 1. The Bertz CT molecular complexity index is 2160. The first kappa shape index (κ1) is 31.6. The Balaban J connectivity index is 1.22. The first-order valence-corrected chi connectivity index (χ1v) is 15.5. The van der Waals surface area contributed by atoms with Gasteiger partial charge in [0.2, 0.25) is 0 Å². The minimum Gasteiger partial charge on any atom is -0.467 e. The zero-order valence-corrected chi connectivity index (χ0v) is 26.2. The fourth-order valence-corrected chi connectivity index (χ4v) is 6.15. The molecule has 1 atom stereocenters. The molecule has 12 nitrogen and oxygen atoms in total. The number of aromatic nitrogens is 1. The number of methoxy groups -OCH3 is 1. The molecule has 0 aliphatic carbocycles. The van der Waals surface area contributed by atoms with Crippen LogP contribution in [-0.4, -0.2) is 39.9 Å². The fraction of sp³-hybridized carbons (Fsp3) is 0.0857. The number of benzene rings is 4. The summed E-state index contributed by atoms with van der Waals surface area (Å²) >= 11 is 1.47. The summed E-state index contributed by atoms with van der Waals surface area (Å²) in [5.41, 5.74) is 3.53. The van der Waals surface area contributed by atoms with Gasteiger partial charge < -0.3 is 20.4 Å². The van der Waals surface area contributed by atoms with E-state index in [1.165, 1.54) is 48.8 Å². The van der Waals surface area contributed by atoms with Crippen LogP contribution in [0.5, 0.6) is 0 Å². The standard InChI is InChI=1S/C35H27N5O7S/c1-47-35(42)30(18-25-20-36-27-6-3-2-5-26(25)27)37-28-14-12-23(19-32(28)40(45)46)21-8-10-22(11-9-21)34(41)38-29-17-24(33-7-4-16-48-33)13-15-31(29)39(43)44/h2-17,19-20,30,36-37H,18H2,1H3,(H,38,41)/t30-/m1/s1. The highest BCUT2D eigenvalue weighted by Gasteiger charge is 2.25. The number of amides is 1. The maximum absolute atomic E-state index is 13.1. The van der Waals surface area contributed by atoms with Gasteiger partial charge in [0, 0.05) is 46.1 Å². The minimum atomic E-state index is -0.904. The van der Waals surface area contributed by atoms with E-state index in [2.05, 4.69) is 15.6 Å². The van der Waals surface area contributed by atoms with Crippen molar-refractivity contribution in [3.8, 4) is 21.6 Å². The van der Waals surface area contributed by atoms with Crippen LogP contribution in [0.15, 0.2) is 109 Å². The van der Waals surface area contributed by atoms with Crippen molar-refractivity contribution in [1.82, 2.24) is 4.98 Å². The number of H-pyrrole nitrogens is 1. The van der Waals surface area contributed by atoms with Crippen molar-refractivity contribution >= 4 is 56.9 Å². The zero-order valence-electron chi connectivity index (χ0n) is 25.3. The maximum atomic E-state index is 13.1. The molecule has 0 saturated heterocycles. The Kier molecular flexibility index (Phi) is 8.94. The maximum Gasteiger partial charge on any atom is 0.328 e. The molecule has 3 N–H and O–H groups in total. The van der Waals surface area contributed by atoms with Crippen LogP contribution in [0.2, 0.25) is 0 Å². The number of nitro groups is 2. The number of nitrogens with one attached hydrogen (secondary N) is 3. The number of ether oxygens (including phenoxy) is 1. The van der Waals surface area contributed by atoms with Crippen molar-refractivity contribution in [3.63, 3.8) is 0 Å². The Morgan fingerprint density at radius 2 is 1.56 bits per heavy atom. The molecule has 1 amide bonds. The van der Waals surface area contributed by atoms with E-state index in [9.17, 15) is 29.8 Å². The average molecular weight is 662 g/mol. The molecule has 240 valence electrons. The van der Waals surface area contributed by atoms with E-state index in [-0.39, 0.29) is 34.7 Å². The number of fused-ring (bicyclic) bond motifs is 1. The Morgan fingerprint density at radius 1 is 0.833 bits per heavy atom. The molecule has 13 heteroatoms. The quantitative estimate of drug-likeness (QED) is 0.0717. The third kappa shape index (κ3) is 6.62. The van der Waals surface area contributed by atoms with Gasteiger partial charge in [0.25, 0.3) is 17.3 Å². The van der Waals surface area contributed by atoms with Crippen LogP contribution >= 0.6 is 11.3 Å². The van der Waals surface area contributed by atoms with Gasteiger partial charge in [-0.3, -0.25) is 25.0 Å². The number of rotatable bonds is 11. The van der Waals surface area contributed by atoms with Crippen LogP contribution in [0.1, 0.15) is 15.9 Å². The largest absolute Gasteiger partial charge is 0.467 e. The van der Waals surface area contributed by atoms with E-state index in [1.54, 1.807) is 36.5 Å². The van der Waals surface area contributed by atoms with Crippen molar-refractivity contribution in [2.75, 3.05) is 17.7 Å². The average Bonchev–Trinajstić information content (AvgIpc) is 3.79. The minimum absolute atomic E-state index is 0.0636. The van der Waals surface area contributed by atoms with Crippen molar-refractivity contribution in [2.24, 2.45) is 0 Å². The zero-order chi connectivity index (χ0) is 33.8. The Hall–Kier alpha value is -6.34. The predicted octanol–water partition coefficient (Wildman–Crippen LogP) is 7.83. The second-order valence-corrected chi connectivity index (χ2v) is 11.7. The number of anilines is 2. The fourth-order valence-electron chi connectivity index (χ4n) is 5.43. The lowest BCUT2D eigenvalue weighted by Crippen LogP contribution is -2.33. The molecule has 0 bridgehead atoms. The van der Waals surface area contributed by atoms with Gasteiger partial charge in [0.1, 0.15) is 17.4 Å². The highest BCUT2D eigenvalue weighted by molar-refractivity contribution is 7.13. The van der Waals surface area contributed by atoms with Crippen LogP contribution in [0, 0.1) is 20.2 Å². The lowest BCUT2D eigenvalue weighted by atomic mass is 10.0. The van der Waals surface area contributed by atoms with E-state index in [0.29, 0.717) is 11.1 Å². The van der Waals surface area contributed by atoms with E-state index >= 15 is 0 Å². The summed E-state index contributed by atoms with van der Waals surface area (Å²) < 4.78 is 5.00. The molecule has 48 heavy (non-hydrogen) atoms.